The van der Waals surface area contributed by atoms with Crippen molar-refractivity contribution in [3.05, 3.63) is 29.8 Å². The van der Waals surface area contributed by atoms with E-state index in [0.29, 0.717) is 6.61 Å². The monoisotopic (exact) mass is 251 g/mol. The molecule has 1 atom stereocenters. The molecule has 0 aromatic heterocycles. The summed E-state index contributed by atoms with van der Waals surface area (Å²) < 4.78 is 3.91. The molecule has 0 spiro atoms. The van der Waals surface area contributed by atoms with E-state index >= 15 is 0 Å². The zero-order valence-electron chi connectivity index (χ0n) is 7.14. The highest BCUT2D eigenvalue weighted by Gasteiger charge is 2.36. The van der Waals surface area contributed by atoms with Crippen LogP contribution in [0.15, 0.2) is 24.3 Å². The minimum absolute atomic E-state index is 0.460. The molecule has 14 heavy (non-hydrogen) atoms. The van der Waals surface area contributed by atoms with Gasteiger partial charge in [0.05, 0.1) is 6.61 Å². The van der Waals surface area contributed by atoms with Gasteiger partial charge >= 0.3 is 0 Å². The second-order valence-electron chi connectivity index (χ2n) is 3.03. The Morgan fingerprint density at radius 3 is 2.71 bits per heavy atom. The molecule has 1 aromatic carbocycles. The molecule has 1 unspecified atom stereocenters. The Kier molecular flexibility index (Phi) is 2.80. The molecule has 1 heterocycles. The maximum Gasteiger partial charge on any atom is 0.234 e. The Hall–Kier alpha value is -0.150. The lowest BCUT2D eigenvalue weighted by Crippen LogP contribution is -2.39. The van der Waals surface area contributed by atoms with Gasteiger partial charge in [-0.15, -0.1) is 0 Å². The third kappa shape index (κ3) is 2.09. The maximum absolute atomic E-state index is 5.72. The van der Waals surface area contributed by atoms with Gasteiger partial charge in [-0.05, 0) is 6.07 Å². The van der Waals surface area contributed by atoms with Crippen molar-refractivity contribution in [2.75, 3.05) is 5.32 Å². The normalized spacial score (nSPS) is 21.2. The van der Waals surface area contributed by atoms with E-state index in [0.717, 1.165) is 11.3 Å². The molecule has 2 nitrogen and oxygen atoms in total. The standard InChI is InChI=1S/C9H8Cl3NO/c10-9(11,12)8-13-7-4-2-1-3-6(7)5-14-8/h1-4,8,13H,5H2. The van der Waals surface area contributed by atoms with Gasteiger partial charge in [0.2, 0.25) is 3.79 Å². The van der Waals surface area contributed by atoms with Crippen LogP contribution in [0, 0.1) is 0 Å². The largest absolute Gasteiger partial charge is 0.356 e. The molecule has 76 valence electrons. The molecule has 1 aliphatic heterocycles. The highest BCUT2D eigenvalue weighted by molar-refractivity contribution is 6.68. The van der Waals surface area contributed by atoms with Gasteiger partial charge in [-0.3, -0.25) is 0 Å². The SMILES string of the molecule is ClC(Cl)(Cl)C1Nc2ccccc2CO1. The predicted molar refractivity (Wildman–Crippen MR) is 58.9 cm³/mol. The van der Waals surface area contributed by atoms with Gasteiger partial charge in [-0.25, -0.2) is 0 Å². The molecule has 0 saturated carbocycles. The van der Waals surface area contributed by atoms with Crippen molar-refractivity contribution in [1.82, 2.24) is 0 Å². The number of nitrogens with one attached hydrogen (secondary N) is 1. The maximum atomic E-state index is 5.72. The molecule has 1 aliphatic rings. The first-order chi connectivity index (χ1) is 6.57. The lowest BCUT2D eigenvalue weighted by Gasteiger charge is -2.31. The van der Waals surface area contributed by atoms with Crippen LogP contribution in [0.3, 0.4) is 0 Å². The summed E-state index contributed by atoms with van der Waals surface area (Å²) in [6.07, 6.45) is -0.595. The van der Waals surface area contributed by atoms with Crippen molar-refractivity contribution in [2.24, 2.45) is 0 Å². The fourth-order valence-electron chi connectivity index (χ4n) is 1.32. The number of para-hydroxylation sites is 1. The van der Waals surface area contributed by atoms with Gasteiger partial charge in [-0.2, -0.15) is 0 Å². The highest BCUT2D eigenvalue weighted by Crippen LogP contribution is 2.36. The molecule has 0 radical (unpaired) electrons. The van der Waals surface area contributed by atoms with Crippen LogP contribution in [0.2, 0.25) is 0 Å². The van der Waals surface area contributed by atoms with Crippen LogP contribution in [0.5, 0.6) is 0 Å². The average Bonchev–Trinajstić information content (AvgIpc) is 2.16. The summed E-state index contributed by atoms with van der Waals surface area (Å²) in [7, 11) is 0. The number of hydrogen-bond acceptors (Lipinski definition) is 2. The lowest BCUT2D eigenvalue weighted by atomic mass is 10.1. The molecule has 1 aromatic rings. The van der Waals surface area contributed by atoms with Crippen LogP contribution < -0.4 is 5.32 Å². The number of halogens is 3. The van der Waals surface area contributed by atoms with Crippen LogP contribution in [-0.2, 0) is 11.3 Å². The number of benzene rings is 1. The van der Waals surface area contributed by atoms with E-state index in [1.54, 1.807) is 0 Å². The van der Waals surface area contributed by atoms with Crippen molar-refractivity contribution >= 4 is 40.5 Å². The van der Waals surface area contributed by atoms with E-state index in [1.165, 1.54) is 0 Å². The van der Waals surface area contributed by atoms with Crippen LogP contribution in [-0.4, -0.2) is 10.0 Å². The van der Waals surface area contributed by atoms with Gasteiger partial charge in [0.25, 0.3) is 0 Å². The molecule has 1 N–H and O–H groups in total. The fraction of sp³-hybridized carbons (Fsp3) is 0.333. The van der Waals surface area contributed by atoms with E-state index in [4.69, 9.17) is 39.5 Å². The van der Waals surface area contributed by atoms with E-state index in [9.17, 15) is 0 Å². The number of anilines is 1. The van der Waals surface area contributed by atoms with Crippen molar-refractivity contribution in [3.63, 3.8) is 0 Å². The van der Waals surface area contributed by atoms with Gasteiger partial charge in [0, 0.05) is 11.3 Å². The van der Waals surface area contributed by atoms with Crippen LogP contribution in [0.1, 0.15) is 5.56 Å². The summed E-state index contributed by atoms with van der Waals surface area (Å²) in [5.41, 5.74) is 2.02. The van der Waals surface area contributed by atoms with Gasteiger partial charge in [0.15, 0.2) is 6.23 Å². The Labute approximate surface area is 97.1 Å². The number of rotatable bonds is 0. The minimum atomic E-state index is -1.45. The third-order valence-electron chi connectivity index (χ3n) is 2.01. The predicted octanol–water partition coefficient (Wildman–Crippen LogP) is 3.33. The number of ether oxygens (including phenoxy) is 1. The summed E-state index contributed by atoms with van der Waals surface area (Å²) in [5.74, 6) is 0. The smallest absolute Gasteiger partial charge is 0.234 e. The first-order valence-corrected chi connectivity index (χ1v) is 5.23. The first-order valence-electron chi connectivity index (χ1n) is 4.10. The topological polar surface area (TPSA) is 21.3 Å². The number of fused-ring (bicyclic) bond motifs is 1. The van der Waals surface area contributed by atoms with Crippen molar-refractivity contribution < 1.29 is 4.74 Å². The molecule has 0 aliphatic carbocycles. The Bertz CT molecular complexity index is 337. The molecule has 0 fully saturated rings. The summed E-state index contributed by atoms with van der Waals surface area (Å²) in [6, 6.07) is 7.77. The van der Waals surface area contributed by atoms with Gasteiger partial charge in [0.1, 0.15) is 0 Å². The quantitative estimate of drug-likeness (QED) is 0.715. The third-order valence-corrected chi connectivity index (χ3v) is 2.60. The highest BCUT2D eigenvalue weighted by atomic mass is 35.6. The number of hydrogen-bond donors (Lipinski definition) is 1. The zero-order valence-corrected chi connectivity index (χ0v) is 9.40. The Morgan fingerprint density at radius 1 is 1.29 bits per heavy atom. The fourth-order valence-corrected chi connectivity index (χ4v) is 1.67. The zero-order chi connectivity index (χ0) is 10.2. The summed E-state index contributed by atoms with van der Waals surface area (Å²) in [5, 5.41) is 3.02. The number of alkyl halides is 3. The Morgan fingerprint density at radius 2 is 2.00 bits per heavy atom. The summed E-state index contributed by atoms with van der Waals surface area (Å²) in [6.45, 7) is 0.460. The van der Waals surface area contributed by atoms with E-state index in [-0.39, 0.29) is 0 Å². The molecular formula is C9H8Cl3NO. The Balaban J connectivity index is 2.22. The second-order valence-corrected chi connectivity index (χ2v) is 5.40. The van der Waals surface area contributed by atoms with Crippen molar-refractivity contribution in [2.45, 2.75) is 16.6 Å². The van der Waals surface area contributed by atoms with Crippen LogP contribution in [0.25, 0.3) is 0 Å². The average molecular weight is 253 g/mol. The summed E-state index contributed by atoms with van der Waals surface area (Å²) >= 11 is 17.2. The molecule has 0 bridgehead atoms. The minimum Gasteiger partial charge on any atom is -0.356 e. The molecule has 2 rings (SSSR count). The molecule has 5 heteroatoms. The van der Waals surface area contributed by atoms with Crippen molar-refractivity contribution in [3.8, 4) is 0 Å². The van der Waals surface area contributed by atoms with Crippen LogP contribution >= 0.6 is 34.8 Å². The van der Waals surface area contributed by atoms with Gasteiger partial charge in [-0.1, -0.05) is 53.0 Å². The molecule has 0 saturated heterocycles. The van der Waals surface area contributed by atoms with E-state index < -0.39 is 10.0 Å². The second kappa shape index (κ2) is 3.78. The summed E-state index contributed by atoms with van der Waals surface area (Å²) in [4.78, 5) is 0. The first kappa shape index (κ1) is 10.4. The van der Waals surface area contributed by atoms with Crippen molar-refractivity contribution in [1.29, 1.82) is 0 Å². The molecule has 0 amide bonds. The van der Waals surface area contributed by atoms with E-state index in [2.05, 4.69) is 5.32 Å². The lowest BCUT2D eigenvalue weighted by molar-refractivity contribution is 0.0539. The molecular weight excluding hydrogens is 244 g/mol. The van der Waals surface area contributed by atoms with Crippen LogP contribution in [0.4, 0.5) is 5.69 Å². The van der Waals surface area contributed by atoms with Gasteiger partial charge < -0.3 is 10.1 Å². The van der Waals surface area contributed by atoms with E-state index in [1.807, 2.05) is 24.3 Å².